The van der Waals surface area contributed by atoms with Crippen LogP contribution in [0.3, 0.4) is 0 Å². The minimum atomic E-state index is -0.437. The van der Waals surface area contributed by atoms with Crippen LogP contribution in [0.15, 0.2) is 48.5 Å². The van der Waals surface area contributed by atoms with Gasteiger partial charge < -0.3 is 10.6 Å². The molecule has 0 aliphatic carbocycles. The molecule has 0 bridgehead atoms. The third-order valence-electron chi connectivity index (χ3n) is 3.38. The van der Waals surface area contributed by atoms with Crippen molar-refractivity contribution in [2.24, 2.45) is 0 Å². The molecule has 0 fully saturated rings. The Morgan fingerprint density at radius 2 is 1.83 bits per heavy atom. The third-order valence-corrected chi connectivity index (χ3v) is 3.58. The highest BCUT2D eigenvalue weighted by Gasteiger charge is 2.13. The number of thiocarbonyl (C=S) groups is 1. The molecule has 0 atom stereocenters. The van der Waals surface area contributed by atoms with E-state index < -0.39 is 4.92 Å². The Labute approximate surface area is 140 Å². The fourth-order valence-corrected chi connectivity index (χ4v) is 2.39. The molecule has 23 heavy (non-hydrogen) atoms. The molecule has 6 heteroatoms. The maximum atomic E-state index is 11.0. The number of nitro groups is 1. The van der Waals surface area contributed by atoms with Crippen LogP contribution in [0.25, 0.3) is 0 Å². The predicted molar refractivity (Wildman–Crippen MR) is 98.0 cm³/mol. The van der Waals surface area contributed by atoms with Crippen molar-refractivity contribution in [2.75, 3.05) is 10.6 Å². The second-order valence-corrected chi connectivity index (χ2v) is 5.56. The van der Waals surface area contributed by atoms with Crippen LogP contribution >= 0.6 is 12.2 Å². The Morgan fingerprint density at radius 1 is 1.13 bits per heavy atom. The summed E-state index contributed by atoms with van der Waals surface area (Å²) in [7, 11) is 0. The van der Waals surface area contributed by atoms with E-state index in [4.69, 9.17) is 12.2 Å². The van der Waals surface area contributed by atoms with Crippen LogP contribution in [0.1, 0.15) is 25.3 Å². The van der Waals surface area contributed by atoms with Gasteiger partial charge in [-0.3, -0.25) is 10.1 Å². The molecule has 0 amide bonds. The van der Waals surface area contributed by atoms with Gasteiger partial charge in [0.15, 0.2) is 5.11 Å². The topological polar surface area (TPSA) is 67.2 Å². The van der Waals surface area contributed by atoms with Crippen molar-refractivity contribution in [3.8, 4) is 0 Å². The van der Waals surface area contributed by atoms with E-state index in [9.17, 15) is 10.1 Å². The fourth-order valence-electron chi connectivity index (χ4n) is 2.16. The Hall–Kier alpha value is -2.47. The first kappa shape index (κ1) is 16.9. The zero-order valence-electron chi connectivity index (χ0n) is 12.9. The summed E-state index contributed by atoms with van der Waals surface area (Å²) in [5, 5.41) is 17.2. The lowest BCUT2D eigenvalue weighted by Crippen LogP contribution is -2.19. The number of rotatable bonds is 6. The highest BCUT2D eigenvalue weighted by atomic mass is 32.1. The molecule has 120 valence electrons. The van der Waals surface area contributed by atoms with E-state index in [1.807, 2.05) is 12.1 Å². The van der Waals surface area contributed by atoms with Crippen molar-refractivity contribution in [2.45, 2.75) is 26.2 Å². The number of nitrogens with zero attached hydrogens (tertiary/aromatic N) is 1. The zero-order valence-corrected chi connectivity index (χ0v) is 13.7. The van der Waals surface area contributed by atoms with Crippen LogP contribution in [0.4, 0.5) is 17.1 Å². The van der Waals surface area contributed by atoms with E-state index >= 15 is 0 Å². The summed E-state index contributed by atoms with van der Waals surface area (Å²) in [6, 6.07) is 14.4. The zero-order chi connectivity index (χ0) is 16.7. The number of aryl methyl sites for hydroxylation is 1. The van der Waals surface area contributed by atoms with Crippen molar-refractivity contribution in [3.05, 3.63) is 64.2 Å². The van der Waals surface area contributed by atoms with Crippen LogP contribution in [0.5, 0.6) is 0 Å². The molecule has 0 aliphatic rings. The van der Waals surface area contributed by atoms with Crippen LogP contribution in [-0.4, -0.2) is 10.0 Å². The summed E-state index contributed by atoms with van der Waals surface area (Å²) in [5.74, 6) is 0. The van der Waals surface area contributed by atoms with Crippen molar-refractivity contribution < 1.29 is 4.92 Å². The molecule has 0 aliphatic heterocycles. The Kier molecular flexibility index (Phi) is 6.05. The summed E-state index contributed by atoms with van der Waals surface area (Å²) in [6.45, 7) is 2.17. The van der Waals surface area contributed by atoms with Gasteiger partial charge >= 0.3 is 0 Å². The minimum Gasteiger partial charge on any atom is -0.332 e. The third kappa shape index (κ3) is 5.03. The standard InChI is InChI=1S/C17H19N3O2S/c1-2-3-6-13-9-11-14(12-10-13)18-17(23)19-15-7-4-5-8-16(15)20(21)22/h4-5,7-12H,2-3,6H2,1H3,(H2,18,19,23). The summed E-state index contributed by atoms with van der Waals surface area (Å²) >= 11 is 5.22. The molecule has 2 N–H and O–H groups in total. The lowest BCUT2D eigenvalue weighted by atomic mass is 10.1. The van der Waals surface area contributed by atoms with E-state index in [1.165, 1.54) is 24.5 Å². The van der Waals surface area contributed by atoms with Crippen molar-refractivity contribution >= 4 is 34.4 Å². The van der Waals surface area contributed by atoms with Gasteiger partial charge in [0, 0.05) is 11.8 Å². The summed E-state index contributed by atoms with van der Waals surface area (Å²) in [4.78, 5) is 10.6. The number of para-hydroxylation sites is 2. The highest BCUT2D eigenvalue weighted by Crippen LogP contribution is 2.23. The number of hydrogen-bond donors (Lipinski definition) is 2. The van der Waals surface area contributed by atoms with Crippen LogP contribution in [0.2, 0.25) is 0 Å². The predicted octanol–water partition coefficient (Wildman–Crippen LogP) is 4.75. The lowest BCUT2D eigenvalue weighted by Gasteiger charge is -2.11. The molecular formula is C17H19N3O2S. The van der Waals surface area contributed by atoms with Crippen LogP contribution in [-0.2, 0) is 6.42 Å². The maximum Gasteiger partial charge on any atom is 0.292 e. The monoisotopic (exact) mass is 329 g/mol. The highest BCUT2D eigenvalue weighted by molar-refractivity contribution is 7.80. The second-order valence-electron chi connectivity index (χ2n) is 5.15. The second kappa shape index (κ2) is 8.24. The van der Waals surface area contributed by atoms with E-state index in [2.05, 4.69) is 29.7 Å². The molecule has 0 saturated heterocycles. The largest absolute Gasteiger partial charge is 0.332 e. The van der Waals surface area contributed by atoms with Crippen molar-refractivity contribution in [3.63, 3.8) is 0 Å². The van der Waals surface area contributed by atoms with Crippen molar-refractivity contribution in [1.82, 2.24) is 0 Å². The Morgan fingerprint density at radius 3 is 2.48 bits per heavy atom. The SMILES string of the molecule is CCCCc1ccc(NC(=S)Nc2ccccc2[N+](=O)[O-])cc1. The first-order chi connectivity index (χ1) is 11.1. The van der Waals surface area contributed by atoms with E-state index in [0.29, 0.717) is 10.8 Å². The average molecular weight is 329 g/mol. The molecule has 0 aromatic heterocycles. The maximum absolute atomic E-state index is 11.0. The molecule has 2 aromatic carbocycles. The molecule has 0 spiro atoms. The van der Waals surface area contributed by atoms with E-state index in [1.54, 1.807) is 18.2 Å². The number of benzene rings is 2. The van der Waals surface area contributed by atoms with Crippen molar-refractivity contribution in [1.29, 1.82) is 0 Å². The normalized spacial score (nSPS) is 10.1. The quantitative estimate of drug-likeness (QED) is 0.455. The fraction of sp³-hybridized carbons (Fsp3) is 0.235. The number of hydrogen-bond acceptors (Lipinski definition) is 3. The molecule has 0 heterocycles. The smallest absolute Gasteiger partial charge is 0.292 e. The summed E-state index contributed by atoms with van der Waals surface area (Å²) < 4.78 is 0. The number of nitrogens with one attached hydrogen (secondary N) is 2. The molecule has 0 unspecified atom stereocenters. The van der Waals surface area contributed by atoms with Gasteiger partial charge in [0.25, 0.3) is 5.69 Å². The van der Waals surface area contributed by atoms with E-state index in [-0.39, 0.29) is 5.69 Å². The van der Waals surface area contributed by atoms with Gasteiger partial charge in [0.05, 0.1) is 4.92 Å². The molecule has 5 nitrogen and oxygen atoms in total. The minimum absolute atomic E-state index is 0.00781. The van der Waals surface area contributed by atoms with Gasteiger partial charge in [-0.15, -0.1) is 0 Å². The molecule has 2 aromatic rings. The van der Waals surface area contributed by atoms with Gasteiger partial charge in [0.1, 0.15) is 5.69 Å². The molecule has 0 radical (unpaired) electrons. The Balaban J connectivity index is 1.98. The van der Waals surface area contributed by atoms with Gasteiger partial charge in [-0.25, -0.2) is 0 Å². The van der Waals surface area contributed by atoms with Gasteiger partial charge in [-0.05, 0) is 48.8 Å². The van der Waals surface area contributed by atoms with Gasteiger partial charge in [-0.2, -0.15) is 0 Å². The van der Waals surface area contributed by atoms with E-state index in [0.717, 1.165) is 12.1 Å². The molecular weight excluding hydrogens is 310 g/mol. The molecule has 2 rings (SSSR count). The van der Waals surface area contributed by atoms with Crippen LogP contribution in [0, 0.1) is 10.1 Å². The van der Waals surface area contributed by atoms with Crippen LogP contribution < -0.4 is 10.6 Å². The number of anilines is 2. The first-order valence-electron chi connectivity index (χ1n) is 7.50. The summed E-state index contributed by atoms with van der Waals surface area (Å²) in [6.07, 6.45) is 3.41. The molecule has 0 saturated carbocycles. The first-order valence-corrected chi connectivity index (χ1v) is 7.91. The van der Waals surface area contributed by atoms with Gasteiger partial charge in [0.2, 0.25) is 0 Å². The Bertz CT molecular complexity index is 686. The lowest BCUT2D eigenvalue weighted by molar-refractivity contribution is -0.383. The number of nitro benzene ring substituents is 1. The van der Waals surface area contributed by atoms with Gasteiger partial charge in [-0.1, -0.05) is 37.6 Å². The number of unbranched alkanes of at least 4 members (excludes halogenated alkanes) is 1. The average Bonchev–Trinajstić information content (AvgIpc) is 2.54. The summed E-state index contributed by atoms with van der Waals surface area (Å²) in [5.41, 5.74) is 2.50.